The van der Waals surface area contributed by atoms with Gasteiger partial charge in [-0.2, -0.15) is 0 Å². The van der Waals surface area contributed by atoms with Crippen LogP contribution in [-0.4, -0.2) is 28.2 Å². The standard InChI is InChI=1S/C21H16O5/c1-26-13-10-8-12(9-11-13)21(25)14-4-2-6-16(22)18(14)20(24)19-15(21)5-3-7-17(19)23/h2-11,22-23,25H,1H3. The number of benzene rings is 3. The van der Waals surface area contributed by atoms with Gasteiger partial charge in [0, 0.05) is 11.1 Å². The van der Waals surface area contributed by atoms with Crippen LogP contribution >= 0.6 is 0 Å². The molecule has 26 heavy (non-hydrogen) atoms. The molecule has 3 aromatic rings. The maximum Gasteiger partial charge on any atom is 0.201 e. The SMILES string of the molecule is COc1ccc(C2(O)c3cccc(O)c3C(=O)c3c(O)cccc32)cc1. The molecule has 0 radical (unpaired) electrons. The minimum absolute atomic E-state index is 0.0141. The summed E-state index contributed by atoms with van der Waals surface area (Å²) in [5.41, 5.74) is -0.705. The minimum Gasteiger partial charge on any atom is -0.507 e. The smallest absolute Gasteiger partial charge is 0.201 e. The first kappa shape index (κ1) is 16.2. The van der Waals surface area contributed by atoms with Crippen molar-refractivity contribution in [2.45, 2.75) is 5.60 Å². The molecule has 0 atom stereocenters. The highest BCUT2D eigenvalue weighted by molar-refractivity contribution is 6.16. The van der Waals surface area contributed by atoms with E-state index in [0.29, 0.717) is 11.3 Å². The summed E-state index contributed by atoms with van der Waals surface area (Å²) in [6.07, 6.45) is 0. The van der Waals surface area contributed by atoms with E-state index >= 15 is 0 Å². The molecule has 0 amide bonds. The summed E-state index contributed by atoms with van der Waals surface area (Å²) in [7, 11) is 1.55. The van der Waals surface area contributed by atoms with E-state index in [2.05, 4.69) is 0 Å². The summed E-state index contributed by atoms with van der Waals surface area (Å²) in [6.45, 7) is 0. The maximum absolute atomic E-state index is 12.9. The summed E-state index contributed by atoms with van der Waals surface area (Å²) in [5, 5.41) is 32.3. The lowest BCUT2D eigenvalue weighted by atomic mass is 9.70. The third-order valence-electron chi connectivity index (χ3n) is 4.83. The second-order valence-corrected chi connectivity index (χ2v) is 6.17. The molecule has 5 nitrogen and oxygen atoms in total. The number of fused-ring (bicyclic) bond motifs is 2. The Morgan fingerprint density at radius 2 is 1.31 bits per heavy atom. The summed E-state index contributed by atoms with van der Waals surface area (Å²) in [5.74, 6) is -0.387. The molecule has 0 spiro atoms. The fourth-order valence-corrected chi connectivity index (χ4v) is 3.57. The molecule has 0 saturated carbocycles. The van der Waals surface area contributed by atoms with Crippen molar-refractivity contribution in [1.29, 1.82) is 0 Å². The van der Waals surface area contributed by atoms with Gasteiger partial charge in [0.1, 0.15) is 22.8 Å². The molecule has 0 aromatic heterocycles. The third kappa shape index (κ3) is 2.04. The summed E-state index contributed by atoms with van der Waals surface area (Å²) in [4.78, 5) is 12.9. The largest absolute Gasteiger partial charge is 0.507 e. The van der Waals surface area contributed by atoms with E-state index in [4.69, 9.17) is 4.74 Å². The number of aliphatic hydroxyl groups is 1. The number of phenols is 2. The molecule has 5 heteroatoms. The Morgan fingerprint density at radius 1 is 0.808 bits per heavy atom. The first-order valence-electron chi connectivity index (χ1n) is 8.05. The number of methoxy groups -OCH3 is 1. The fraction of sp³-hybridized carbons (Fsp3) is 0.0952. The summed E-state index contributed by atoms with van der Waals surface area (Å²) >= 11 is 0. The average molecular weight is 348 g/mol. The number of ether oxygens (including phenoxy) is 1. The Bertz CT molecular complexity index is 966. The van der Waals surface area contributed by atoms with Gasteiger partial charge in [0.2, 0.25) is 5.78 Å². The van der Waals surface area contributed by atoms with Crippen molar-refractivity contribution in [3.8, 4) is 17.2 Å². The predicted molar refractivity (Wildman–Crippen MR) is 94.7 cm³/mol. The van der Waals surface area contributed by atoms with E-state index in [9.17, 15) is 20.1 Å². The van der Waals surface area contributed by atoms with Crippen LogP contribution in [0.5, 0.6) is 17.2 Å². The van der Waals surface area contributed by atoms with E-state index < -0.39 is 11.4 Å². The molecule has 0 saturated heterocycles. The normalized spacial score (nSPS) is 14.5. The third-order valence-corrected chi connectivity index (χ3v) is 4.83. The molecule has 1 aliphatic carbocycles. The van der Waals surface area contributed by atoms with Crippen LogP contribution in [-0.2, 0) is 5.60 Å². The van der Waals surface area contributed by atoms with Crippen molar-refractivity contribution >= 4 is 5.78 Å². The number of hydrogen-bond acceptors (Lipinski definition) is 5. The highest BCUT2D eigenvalue weighted by Crippen LogP contribution is 2.48. The van der Waals surface area contributed by atoms with Crippen LogP contribution in [0.25, 0.3) is 0 Å². The van der Waals surface area contributed by atoms with E-state index in [1.165, 1.54) is 12.1 Å². The monoisotopic (exact) mass is 348 g/mol. The van der Waals surface area contributed by atoms with Crippen LogP contribution in [0.15, 0.2) is 60.7 Å². The Labute approximate surface area is 149 Å². The number of hydrogen-bond donors (Lipinski definition) is 3. The fourth-order valence-electron chi connectivity index (χ4n) is 3.57. The lowest BCUT2D eigenvalue weighted by Crippen LogP contribution is -2.36. The average Bonchev–Trinajstić information content (AvgIpc) is 2.66. The van der Waals surface area contributed by atoms with Gasteiger partial charge in [-0.3, -0.25) is 4.79 Å². The molecular formula is C21H16O5. The number of ketones is 1. The molecule has 4 rings (SSSR count). The molecule has 0 fully saturated rings. The van der Waals surface area contributed by atoms with Crippen LogP contribution in [0.2, 0.25) is 0 Å². The molecule has 0 unspecified atom stereocenters. The molecule has 1 aliphatic rings. The first-order valence-corrected chi connectivity index (χ1v) is 8.05. The molecule has 0 aliphatic heterocycles. The number of phenolic OH excluding ortho intramolecular Hbond substituents is 2. The zero-order valence-corrected chi connectivity index (χ0v) is 13.9. The van der Waals surface area contributed by atoms with E-state index in [1.807, 2.05) is 0 Å². The van der Waals surface area contributed by atoms with Gasteiger partial charge in [-0.25, -0.2) is 0 Å². The first-order chi connectivity index (χ1) is 12.5. The van der Waals surface area contributed by atoms with Gasteiger partial charge >= 0.3 is 0 Å². The van der Waals surface area contributed by atoms with Crippen molar-refractivity contribution in [1.82, 2.24) is 0 Å². The van der Waals surface area contributed by atoms with Gasteiger partial charge < -0.3 is 20.1 Å². The van der Waals surface area contributed by atoms with Gasteiger partial charge in [0.05, 0.1) is 18.2 Å². The second kappa shape index (κ2) is 5.61. The zero-order valence-electron chi connectivity index (χ0n) is 13.9. The van der Waals surface area contributed by atoms with Gasteiger partial charge in [0.15, 0.2) is 0 Å². The van der Waals surface area contributed by atoms with E-state index in [1.54, 1.807) is 55.6 Å². The van der Waals surface area contributed by atoms with Gasteiger partial charge in [-0.05, 0) is 29.8 Å². The molecule has 3 N–H and O–H groups in total. The van der Waals surface area contributed by atoms with Crippen LogP contribution < -0.4 is 4.74 Å². The van der Waals surface area contributed by atoms with Crippen molar-refractivity contribution in [3.05, 3.63) is 88.5 Å². The Morgan fingerprint density at radius 3 is 1.77 bits per heavy atom. The van der Waals surface area contributed by atoms with Crippen molar-refractivity contribution in [3.63, 3.8) is 0 Å². The zero-order chi connectivity index (χ0) is 18.5. The molecule has 130 valence electrons. The molecular weight excluding hydrogens is 332 g/mol. The molecule has 0 heterocycles. The van der Waals surface area contributed by atoms with Gasteiger partial charge in [-0.1, -0.05) is 36.4 Å². The summed E-state index contributed by atoms with van der Waals surface area (Å²) in [6, 6.07) is 15.9. The molecule has 0 bridgehead atoms. The van der Waals surface area contributed by atoms with E-state index in [-0.39, 0.29) is 33.8 Å². The maximum atomic E-state index is 12.9. The quantitative estimate of drug-likeness (QED) is 0.663. The van der Waals surface area contributed by atoms with Gasteiger partial charge in [-0.15, -0.1) is 0 Å². The lowest BCUT2D eigenvalue weighted by Gasteiger charge is -2.36. The van der Waals surface area contributed by atoms with Crippen LogP contribution in [0.4, 0.5) is 0 Å². The Hall–Kier alpha value is -3.31. The van der Waals surface area contributed by atoms with Crippen LogP contribution in [0.1, 0.15) is 32.6 Å². The number of carbonyl (C=O) groups excluding carboxylic acids is 1. The Kier molecular flexibility index (Phi) is 3.49. The number of rotatable bonds is 2. The van der Waals surface area contributed by atoms with Crippen LogP contribution in [0, 0.1) is 0 Å². The topological polar surface area (TPSA) is 87.0 Å². The highest BCUT2D eigenvalue weighted by atomic mass is 16.5. The van der Waals surface area contributed by atoms with Crippen molar-refractivity contribution in [2.75, 3.05) is 7.11 Å². The van der Waals surface area contributed by atoms with Crippen LogP contribution in [0.3, 0.4) is 0 Å². The lowest BCUT2D eigenvalue weighted by molar-refractivity contribution is 0.0940. The summed E-state index contributed by atoms with van der Waals surface area (Å²) < 4.78 is 5.17. The second-order valence-electron chi connectivity index (χ2n) is 6.17. The van der Waals surface area contributed by atoms with E-state index in [0.717, 1.165) is 0 Å². The highest BCUT2D eigenvalue weighted by Gasteiger charge is 2.45. The van der Waals surface area contributed by atoms with Gasteiger partial charge in [0.25, 0.3) is 0 Å². The predicted octanol–water partition coefficient (Wildman–Crippen LogP) is 2.94. The number of carbonyl (C=O) groups is 1. The van der Waals surface area contributed by atoms with Crippen molar-refractivity contribution in [2.24, 2.45) is 0 Å². The Balaban J connectivity index is 2.09. The number of aromatic hydroxyl groups is 2. The van der Waals surface area contributed by atoms with Crippen molar-refractivity contribution < 1.29 is 24.9 Å². The molecule has 3 aromatic carbocycles. The minimum atomic E-state index is -1.71.